The van der Waals surface area contributed by atoms with Crippen LogP contribution in [0.5, 0.6) is 0 Å². The van der Waals surface area contributed by atoms with Gasteiger partial charge in [0.25, 0.3) is 5.24 Å². The van der Waals surface area contributed by atoms with Crippen LogP contribution in [-0.4, -0.2) is 58.4 Å². The summed E-state index contributed by atoms with van der Waals surface area (Å²) in [7, 11) is 0. The summed E-state index contributed by atoms with van der Waals surface area (Å²) in [6.45, 7) is 3.63. The molecule has 2 N–H and O–H groups in total. The number of halogens is 1. The van der Waals surface area contributed by atoms with Gasteiger partial charge in [0.1, 0.15) is 6.54 Å². The molecule has 2 amide bonds. The molecule has 7 heteroatoms. The Bertz CT molecular complexity index is 341. The third-order valence-corrected chi connectivity index (χ3v) is 4.54. The Morgan fingerprint density at radius 3 is 2.79 bits per heavy atom. The number of amides is 2. The summed E-state index contributed by atoms with van der Waals surface area (Å²) in [6.07, 6.45) is 3.15. The maximum Gasteiger partial charge on any atom is 0.282 e. The van der Waals surface area contributed by atoms with E-state index in [1.54, 1.807) is 4.90 Å². The van der Waals surface area contributed by atoms with Gasteiger partial charge in [0.05, 0.1) is 0 Å². The summed E-state index contributed by atoms with van der Waals surface area (Å²) in [6, 6.07) is 0.134. The molecule has 19 heavy (non-hydrogen) atoms. The van der Waals surface area contributed by atoms with Crippen LogP contribution in [0.2, 0.25) is 0 Å². The number of rotatable bonds is 3. The van der Waals surface area contributed by atoms with E-state index in [9.17, 15) is 9.59 Å². The highest BCUT2D eigenvalue weighted by atomic mass is 35.5. The Balaban J connectivity index is 0.00000180. The standard InChI is InChI=1S/C12H21N3O2S.ClH/c1-9(13)10-4-2-3-5-15(10)11(16)8-14-6-7-18-12(14)17;/h9-10H,2-8,13H2,1H3;1H. The van der Waals surface area contributed by atoms with Crippen molar-refractivity contribution >= 4 is 35.3 Å². The molecule has 0 aromatic carbocycles. The maximum absolute atomic E-state index is 12.3. The Kier molecular flexibility index (Phi) is 6.42. The van der Waals surface area contributed by atoms with E-state index < -0.39 is 0 Å². The lowest BCUT2D eigenvalue weighted by Crippen LogP contribution is -2.54. The zero-order chi connectivity index (χ0) is 13.1. The molecule has 0 bridgehead atoms. The Labute approximate surface area is 124 Å². The first-order chi connectivity index (χ1) is 8.59. The zero-order valence-corrected chi connectivity index (χ0v) is 12.8. The van der Waals surface area contributed by atoms with Gasteiger partial charge in [0, 0.05) is 30.9 Å². The number of carbonyl (C=O) groups is 2. The predicted octanol–water partition coefficient (Wildman–Crippen LogP) is 1.31. The fourth-order valence-corrected chi connectivity index (χ4v) is 3.46. The van der Waals surface area contributed by atoms with Crippen LogP contribution in [0, 0.1) is 0 Å². The molecule has 0 saturated carbocycles. The Morgan fingerprint density at radius 2 is 2.21 bits per heavy atom. The number of carbonyl (C=O) groups excluding carboxylic acids is 2. The molecule has 2 aliphatic rings. The average molecular weight is 308 g/mol. The van der Waals surface area contributed by atoms with Crippen LogP contribution in [0.15, 0.2) is 0 Å². The lowest BCUT2D eigenvalue weighted by atomic mass is 9.97. The minimum absolute atomic E-state index is 0. The smallest absolute Gasteiger partial charge is 0.282 e. The van der Waals surface area contributed by atoms with Gasteiger partial charge in [0.15, 0.2) is 0 Å². The summed E-state index contributed by atoms with van der Waals surface area (Å²) in [5.74, 6) is 0.843. The number of hydrogen-bond acceptors (Lipinski definition) is 4. The molecule has 0 aliphatic carbocycles. The van der Waals surface area contributed by atoms with E-state index in [4.69, 9.17) is 5.73 Å². The third kappa shape index (κ3) is 4.00. The fraction of sp³-hybridized carbons (Fsp3) is 0.833. The van der Waals surface area contributed by atoms with E-state index in [1.807, 2.05) is 11.8 Å². The van der Waals surface area contributed by atoms with Crippen LogP contribution in [0.25, 0.3) is 0 Å². The van der Waals surface area contributed by atoms with Crippen molar-refractivity contribution in [2.45, 2.75) is 38.3 Å². The predicted molar refractivity (Wildman–Crippen MR) is 79.7 cm³/mol. The van der Waals surface area contributed by atoms with Gasteiger partial charge in [-0.15, -0.1) is 12.4 Å². The van der Waals surface area contributed by atoms with Crippen molar-refractivity contribution in [2.24, 2.45) is 5.73 Å². The molecule has 0 radical (unpaired) electrons. The molecule has 0 aromatic rings. The molecule has 2 saturated heterocycles. The van der Waals surface area contributed by atoms with Gasteiger partial charge in [-0.05, 0) is 26.2 Å². The SMILES string of the molecule is CC(N)C1CCCCN1C(=O)CN1CCSC1=O.Cl. The van der Waals surface area contributed by atoms with Crippen LogP contribution in [0.1, 0.15) is 26.2 Å². The second kappa shape index (κ2) is 7.36. The van der Waals surface area contributed by atoms with Gasteiger partial charge in [-0.1, -0.05) is 11.8 Å². The third-order valence-electron chi connectivity index (χ3n) is 3.65. The summed E-state index contributed by atoms with van der Waals surface area (Å²) >= 11 is 1.29. The van der Waals surface area contributed by atoms with E-state index in [2.05, 4.69) is 0 Å². The summed E-state index contributed by atoms with van der Waals surface area (Å²) < 4.78 is 0. The Morgan fingerprint density at radius 1 is 1.47 bits per heavy atom. The largest absolute Gasteiger partial charge is 0.337 e. The van der Waals surface area contributed by atoms with Gasteiger partial charge in [-0.25, -0.2) is 0 Å². The van der Waals surface area contributed by atoms with Gasteiger partial charge in [-0.3, -0.25) is 9.59 Å². The molecular weight excluding hydrogens is 286 g/mol. The molecular formula is C12H22ClN3O2S. The van der Waals surface area contributed by atoms with Crippen LogP contribution in [0.3, 0.4) is 0 Å². The molecule has 2 aliphatic heterocycles. The second-order valence-electron chi connectivity index (χ2n) is 5.05. The van der Waals surface area contributed by atoms with E-state index in [0.29, 0.717) is 6.54 Å². The summed E-state index contributed by atoms with van der Waals surface area (Å²) in [4.78, 5) is 27.3. The highest BCUT2D eigenvalue weighted by molar-refractivity contribution is 8.13. The first-order valence-electron chi connectivity index (χ1n) is 6.56. The molecule has 2 rings (SSSR count). The number of nitrogens with two attached hydrogens (primary N) is 1. The first-order valence-corrected chi connectivity index (χ1v) is 7.55. The van der Waals surface area contributed by atoms with Crippen molar-refractivity contribution in [3.05, 3.63) is 0 Å². The number of piperidine rings is 1. The van der Waals surface area contributed by atoms with Crippen molar-refractivity contribution in [3.63, 3.8) is 0 Å². The highest BCUT2D eigenvalue weighted by Gasteiger charge is 2.31. The minimum Gasteiger partial charge on any atom is -0.337 e. The van der Waals surface area contributed by atoms with Crippen molar-refractivity contribution in [1.82, 2.24) is 9.80 Å². The highest BCUT2D eigenvalue weighted by Crippen LogP contribution is 2.21. The molecule has 0 aromatic heterocycles. The maximum atomic E-state index is 12.3. The number of hydrogen-bond donors (Lipinski definition) is 1. The van der Waals surface area contributed by atoms with E-state index in [-0.39, 0.29) is 42.2 Å². The summed E-state index contributed by atoms with van der Waals surface area (Å²) in [5, 5.41) is 0.0257. The van der Waals surface area contributed by atoms with Gasteiger partial charge >= 0.3 is 0 Å². The Hall–Kier alpha value is -0.460. The molecule has 2 heterocycles. The van der Waals surface area contributed by atoms with Gasteiger partial charge in [0.2, 0.25) is 5.91 Å². The van der Waals surface area contributed by atoms with Crippen molar-refractivity contribution in [1.29, 1.82) is 0 Å². The molecule has 2 atom stereocenters. The average Bonchev–Trinajstić information content (AvgIpc) is 2.75. The fourth-order valence-electron chi connectivity index (χ4n) is 2.64. The molecule has 2 fully saturated rings. The lowest BCUT2D eigenvalue weighted by Gasteiger charge is -2.38. The minimum atomic E-state index is -0.00194. The van der Waals surface area contributed by atoms with E-state index in [0.717, 1.165) is 31.6 Å². The second-order valence-corrected chi connectivity index (χ2v) is 6.09. The topological polar surface area (TPSA) is 66.6 Å². The zero-order valence-electron chi connectivity index (χ0n) is 11.2. The van der Waals surface area contributed by atoms with Crippen LogP contribution < -0.4 is 5.73 Å². The normalized spacial score (nSPS) is 25.2. The molecule has 110 valence electrons. The monoisotopic (exact) mass is 307 g/mol. The number of likely N-dealkylation sites (tertiary alicyclic amines) is 1. The van der Waals surface area contributed by atoms with Gasteiger partial charge in [-0.2, -0.15) is 0 Å². The molecule has 0 spiro atoms. The van der Waals surface area contributed by atoms with Crippen molar-refractivity contribution < 1.29 is 9.59 Å². The molecule has 5 nitrogen and oxygen atoms in total. The lowest BCUT2D eigenvalue weighted by molar-refractivity contribution is -0.135. The first kappa shape index (κ1) is 16.6. The van der Waals surface area contributed by atoms with Crippen molar-refractivity contribution in [2.75, 3.05) is 25.4 Å². The van der Waals surface area contributed by atoms with E-state index >= 15 is 0 Å². The van der Waals surface area contributed by atoms with Crippen LogP contribution in [0.4, 0.5) is 4.79 Å². The van der Waals surface area contributed by atoms with E-state index in [1.165, 1.54) is 11.8 Å². The van der Waals surface area contributed by atoms with Crippen LogP contribution in [-0.2, 0) is 4.79 Å². The summed E-state index contributed by atoms with van der Waals surface area (Å²) in [5.41, 5.74) is 5.95. The number of nitrogens with zero attached hydrogens (tertiary/aromatic N) is 2. The quantitative estimate of drug-likeness (QED) is 0.853. The number of thioether (sulfide) groups is 1. The van der Waals surface area contributed by atoms with Gasteiger partial charge < -0.3 is 15.5 Å². The van der Waals surface area contributed by atoms with Crippen molar-refractivity contribution in [3.8, 4) is 0 Å². The molecule has 2 unspecified atom stereocenters. The van der Waals surface area contributed by atoms with Crippen LogP contribution >= 0.6 is 24.2 Å².